The summed E-state index contributed by atoms with van der Waals surface area (Å²) >= 11 is 3.11. The third-order valence-electron chi connectivity index (χ3n) is 3.30. The fourth-order valence-corrected chi connectivity index (χ4v) is 2.64. The van der Waals surface area contributed by atoms with E-state index in [0.717, 1.165) is 0 Å². The lowest BCUT2D eigenvalue weighted by Crippen LogP contribution is -2.39. The number of nitrogens with one attached hydrogen (secondary N) is 1. The first kappa shape index (κ1) is 15.0. The molecule has 1 fully saturated rings. The molecule has 1 aromatic rings. The largest absolute Gasteiger partial charge is 0.373 e. The maximum atomic E-state index is 13.4. The fraction of sp³-hybridized carbons (Fsp3) is 0.429. The second kappa shape index (κ2) is 5.52. The van der Waals surface area contributed by atoms with E-state index in [4.69, 9.17) is 0 Å². The average Bonchev–Trinajstić information content (AvgIpc) is 2.61. The van der Waals surface area contributed by atoms with Crippen molar-refractivity contribution in [2.24, 2.45) is 0 Å². The van der Waals surface area contributed by atoms with Gasteiger partial charge in [-0.05, 0) is 54.4 Å². The van der Waals surface area contributed by atoms with Crippen molar-refractivity contribution >= 4 is 33.4 Å². The number of carbonyl (C=O) groups excluding carboxylic acids is 2. The highest BCUT2D eigenvalue weighted by Gasteiger charge is 2.40. The van der Waals surface area contributed by atoms with Gasteiger partial charge in [0.15, 0.2) is 0 Å². The van der Waals surface area contributed by atoms with Crippen LogP contribution in [-0.2, 0) is 9.59 Å². The molecule has 1 unspecified atom stereocenters. The highest BCUT2D eigenvalue weighted by atomic mass is 79.9. The molecule has 1 saturated heterocycles. The molecule has 0 saturated carbocycles. The molecular weight excluding hydrogens is 327 g/mol. The van der Waals surface area contributed by atoms with Crippen molar-refractivity contribution in [2.45, 2.75) is 39.3 Å². The smallest absolute Gasteiger partial charge is 0.252 e. The third kappa shape index (κ3) is 2.70. The summed E-state index contributed by atoms with van der Waals surface area (Å²) in [6.45, 7) is 5.36. The SMILES string of the molecule is Cc1cc(F)c(Br)cc1NC1CC(=O)N(C(C)C)C1=O. The van der Waals surface area contributed by atoms with Crippen LogP contribution in [0.2, 0.25) is 0 Å². The summed E-state index contributed by atoms with van der Waals surface area (Å²) in [6.07, 6.45) is 0.130. The Kier molecular flexibility index (Phi) is 4.13. The van der Waals surface area contributed by atoms with Crippen molar-refractivity contribution in [2.75, 3.05) is 5.32 Å². The number of amides is 2. The first-order valence-corrected chi connectivity index (χ1v) is 7.18. The molecule has 2 amide bonds. The molecule has 0 aromatic heterocycles. The van der Waals surface area contributed by atoms with Crippen LogP contribution in [0.1, 0.15) is 25.8 Å². The number of likely N-dealkylation sites (tertiary alicyclic amines) is 1. The molecule has 0 aliphatic carbocycles. The number of carbonyl (C=O) groups is 2. The molecule has 2 rings (SSSR count). The minimum absolute atomic E-state index is 0.130. The van der Waals surface area contributed by atoms with E-state index in [1.165, 1.54) is 11.0 Å². The van der Waals surface area contributed by atoms with Gasteiger partial charge in [-0.25, -0.2) is 4.39 Å². The Balaban J connectivity index is 2.22. The number of aryl methyl sites for hydroxylation is 1. The van der Waals surface area contributed by atoms with Gasteiger partial charge in [0, 0.05) is 11.7 Å². The molecule has 0 radical (unpaired) electrons. The van der Waals surface area contributed by atoms with Crippen molar-refractivity contribution in [3.05, 3.63) is 28.0 Å². The predicted octanol–water partition coefficient (Wildman–Crippen LogP) is 2.84. The minimum atomic E-state index is -0.582. The zero-order valence-corrected chi connectivity index (χ0v) is 13.1. The highest BCUT2D eigenvalue weighted by Crippen LogP contribution is 2.27. The van der Waals surface area contributed by atoms with Crippen molar-refractivity contribution in [1.82, 2.24) is 4.90 Å². The Morgan fingerprint density at radius 3 is 2.60 bits per heavy atom. The molecule has 108 valence electrons. The van der Waals surface area contributed by atoms with Crippen molar-refractivity contribution in [3.8, 4) is 0 Å². The Hall–Kier alpha value is -1.43. The van der Waals surface area contributed by atoms with Gasteiger partial charge < -0.3 is 5.32 Å². The molecule has 1 aromatic carbocycles. The van der Waals surface area contributed by atoms with E-state index in [1.807, 2.05) is 0 Å². The zero-order chi connectivity index (χ0) is 15.0. The van der Waals surface area contributed by atoms with Crippen LogP contribution in [0.3, 0.4) is 0 Å². The summed E-state index contributed by atoms with van der Waals surface area (Å²) in [5.41, 5.74) is 1.34. The lowest BCUT2D eigenvalue weighted by Gasteiger charge is -2.20. The molecule has 20 heavy (non-hydrogen) atoms. The number of hydrogen-bond donors (Lipinski definition) is 1. The summed E-state index contributed by atoms with van der Waals surface area (Å²) in [5, 5.41) is 3.03. The second-order valence-corrected chi connectivity index (χ2v) is 6.03. The molecular formula is C14H16BrFN2O2. The summed E-state index contributed by atoms with van der Waals surface area (Å²) in [7, 11) is 0. The minimum Gasteiger partial charge on any atom is -0.373 e. The Labute approximate surface area is 125 Å². The second-order valence-electron chi connectivity index (χ2n) is 5.18. The van der Waals surface area contributed by atoms with Crippen LogP contribution in [0, 0.1) is 12.7 Å². The molecule has 0 spiro atoms. The fourth-order valence-electron chi connectivity index (χ4n) is 2.30. The summed E-state index contributed by atoms with van der Waals surface area (Å²) in [4.78, 5) is 25.3. The molecule has 1 atom stereocenters. The van der Waals surface area contributed by atoms with Crippen LogP contribution < -0.4 is 5.32 Å². The number of imide groups is 1. The first-order chi connectivity index (χ1) is 9.31. The van der Waals surface area contributed by atoms with Gasteiger partial charge in [0.1, 0.15) is 11.9 Å². The van der Waals surface area contributed by atoms with Gasteiger partial charge in [0.25, 0.3) is 5.91 Å². The number of rotatable bonds is 3. The normalized spacial score (nSPS) is 19.1. The maximum Gasteiger partial charge on any atom is 0.252 e. The van der Waals surface area contributed by atoms with Gasteiger partial charge >= 0.3 is 0 Å². The zero-order valence-electron chi connectivity index (χ0n) is 11.5. The van der Waals surface area contributed by atoms with Crippen molar-refractivity contribution in [1.29, 1.82) is 0 Å². The van der Waals surface area contributed by atoms with Crippen LogP contribution in [-0.4, -0.2) is 28.8 Å². The maximum absolute atomic E-state index is 13.4. The van der Waals surface area contributed by atoms with Crippen LogP contribution >= 0.6 is 15.9 Å². The van der Waals surface area contributed by atoms with E-state index in [0.29, 0.717) is 15.7 Å². The molecule has 6 heteroatoms. The first-order valence-electron chi connectivity index (χ1n) is 6.39. The Bertz CT molecular complexity index is 575. The van der Waals surface area contributed by atoms with Gasteiger partial charge in [-0.2, -0.15) is 0 Å². The topological polar surface area (TPSA) is 49.4 Å². The lowest BCUT2D eigenvalue weighted by molar-refractivity contribution is -0.140. The number of nitrogens with zero attached hydrogens (tertiary/aromatic N) is 1. The predicted molar refractivity (Wildman–Crippen MR) is 77.9 cm³/mol. The van der Waals surface area contributed by atoms with E-state index >= 15 is 0 Å². The van der Waals surface area contributed by atoms with Gasteiger partial charge in [-0.3, -0.25) is 14.5 Å². The average molecular weight is 343 g/mol. The molecule has 1 aliphatic rings. The monoisotopic (exact) mass is 342 g/mol. The van der Waals surface area contributed by atoms with Gasteiger partial charge in [0.2, 0.25) is 5.91 Å². The molecule has 0 bridgehead atoms. The number of hydrogen-bond acceptors (Lipinski definition) is 3. The molecule has 1 N–H and O–H groups in total. The van der Waals surface area contributed by atoms with Gasteiger partial charge in [0.05, 0.1) is 10.9 Å². The van der Waals surface area contributed by atoms with E-state index in [-0.39, 0.29) is 30.1 Å². The van der Waals surface area contributed by atoms with Gasteiger partial charge in [-0.1, -0.05) is 0 Å². The standard InChI is InChI=1S/C14H16BrFN2O2/c1-7(2)18-13(19)6-12(14(18)20)17-11-5-9(15)10(16)4-8(11)3/h4-5,7,12,17H,6H2,1-3H3. The van der Waals surface area contributed by atoms with Gasteiger partial charge in [-0.15, -0.1) is 0 Å². The van der Waals surface area contributed by atoms with Crippen LogP contribution in [0.4, 0.5) is 10.1 Å². The molecule has 1 heterocycles. The lowest BCUT2D eigenvalue weighted by atomic mass is 10.1. The number of halogens is 2. The quantitative estimate of drug-likeness (QED) is 0.859. The van der Waals surface area contributed by atoms with E-state index in [1.54, 1.807) is 26.8 Å². The highest BCUT2D eigenvalue weighted by molar-refractivity contribution is 9.10. The number of benzene rings is 1. The third-order valence-corrected chi connectivity index (χ3v) is 3.90. The molecule has 1 aliphatic heterocycles. The Morgan fingerprint density at radius 2 is 2.05 bits per heavy atom. The Morgan fingerprint density at radius 1 is 1.40 bits per heavy atom. The summed E-state index contributed by atoms with van der Waals surface area (Å²) in [6, 6.07) is 2.23. The van der Waals surface area contributed by atoms with E-state index in [9.17, 15) is 14.0 Å². The van der Waals surface area contributed by atoms with Crippen LogP contribution in [0.5, 0.6) is 0 Å². The summed E-state index contributed by atoms with van der Waals surface area (Å²) in [5.74, 6) is -0.767. The van der Waals surface area contributed by atoms with Crippen LogP contribution in [0.25, 0.3) is 0 Å². The van der Waals surface area contributed by atoms with Crippen molar-refractivity contribution < 1.29 is 14.0 Å². The van der Waals surface area contributed by atoms with Crippen LogP contribution in [0.15, 0.2) is 16.6 Å². The van der Waals surface area contributed by atoms with E-state index in [2.05, 4.69) is 21.2 Å². The molecule has 4 nitrogen and oxygen atoms in total. The van der Waals surface area contributed by atoms with Crippen molar-refractivity contribution in [3.63, 3.8) is 0 Å². The van der Waals surface area contributed by atoms with E-state index < -0.39 is 6.04 Å². The summed E-state index contributed by atoms with van der Waals surface area (Å²) < 4.78 is 13.7. The number of anilines is 1.